The van der Waals surface area contributed by atoms with Crippen LogP contribution in [0.3, 0.4) is 0 Å². The van der Waals surface area contributed by atoms with Crippen LogP contribution in [0.4, 0.5) is 4.39 Å². The predicted octanol–water partition coefficient (Wildman–Crippen LogP) is 6.40. The van der Waals surface area contributed by atoms with Crippen molar-refractivity contribution in [1.82, 2.24) is 4.98 Å². The fourth-order valence-corrected chi connectivity index (χ4v) is 5.21. The molecule has 0 saturated heterocycles. The zero-order valence-corrected chi connectivity index (χ0v) is 22.7. The summed E-state index contributed by atoms with van der Waals surface area (Å²) in [6.07, 6.45) is 4.39. The van der Waals surface area contributed by atoms with Gasteiger partial charge in [-0.05, 0) is 67.1 Å². The maximum absolute atomic E-state index is 16.0. The molecular formula is C29H28FNO4S2. The first-order chi connectivity index (χ1) is 17.4. The van der Waals surface area contributed by atoms with E-state index >= 15 is 4.39 Å². The summed E-state index contributed by atoms with van der Waals surface area (Å²) in [5.74, 6) is -1.56. The van der Waals surface area contributed by atoms with E-state index in [9.17, 15) is 18.3 Å². The number of rotatable bonds is 8. The maximum Gasteiger partial charge on any atom is 0.346 e. The fourth-order valence-electron chi connectivity index (χ4n) is 4.26. The molecule has 0 aliphatic carbocycles. The second-order valence-corrected chi connectivity index (χ2v) is 13.0. The van der Waals surface area contributed by atoms with Crippen LogP contribution in [-0.2, 0) is 31.5 Å². The molecule has 1 heterocycles. The molecular weight excluding hydrogens is 509 g/mol. The van der Waals surface area contributed by atoms with Crippen LogP contribution in [0, 0.1) is 0 Å². The Balaban J connectivity index is 1.83. The van der Waals surface area contributed by atoms with Crippen LogP contribution in [0.25, 0.3) is 22.0 Å². The van der Waals surface area contributed by atoms with Gasteiger partial charge in [0.2, 0.25) is 5.67 Å². The summed E-state index contributed by atoms with van der Waals surface area (Å²) in [7, 11) is -3.44. The minimum Gasteiger partial charge on any atom is -0.479 e. The van der Waals surface area contributed by atoms with Gasteiger partial charge in [0, 0.05) is 40.3 Å². The molecule has 1 aromatic heterocycles. The van der Waals surface area contributed by atoms with E-state index in [1.807, 2.05) is 24.5 Å². The molecule has 8 heteroatoms. The second kappa shape index (κ2) is 9.91. The van der Waals surface area contributed by atoms with Crippen molar-refractivity contribution in [2.75, 3.05) is 12.5 Å². The number of carboxylic acids is 1. The average Bonchev–Trinajstić information content (AvgIpc) is 2.87. The monoisotopic (exact) mass is 537 g/mol. The quantitative estimate of drug-likeness (QED) is 0.262. The number of benzene rings is 3. The Morgan fingerprint density at radius 1 is 1.00 bits per heavy atom. The summed E-state index contributed by atoms with van der Waals surface area (Å²) in [6, 6.07) is 20.7. The molecule has 3 aromatic carbocycles. The van der Waals surface area contributed by atoms with Gasteiger partial charge in [0.25, 0.3) is 0 Å². The minimum absolute atomic E-state index is 0.0761. The van der Waals surface area contributed by atoms with Crippen LogP contribution < -0.4 is 0 Å². The molecule has 5 nitrogen and oxygen atoms in total. The van der Waals surface area contributed by atoms with E-state index < -0.39 is 26.2 Å². The number of thioether (sulfide) groups is 1. The van der Waals surface area contributed by atoms with E-state index in [0.717, 1.165) is 10.3 Å². The maximum atomic E-state index is 16.0. The summed E-state index contributed by atoms with van der Waals surface area (Å²) < 4.78 is 40.0. The molecule has 0 bridgehead atoms. The van der Waals surface area contributed by atoms with Crippen LogP contribution >= 0.6 is 11.8 Å². The third kappa shape index (κ3) is 5.13. The SMILES string of the molecule is CSc1ccc(C(F)(Cc2cccc(-c3cc(C(C)(C)S(C)(=O)=O)cc4cccnc34)c2)C(=O)O)cc1. The number of hydrogen-bond donors (Lipinski definition) is 1. The van der Waals surface area contributed by atoms with E-state index in [1.54, 1.807) is 62.5 Å². The summed E-state index contributed by atoms with van der Waals surface area (Å²) in [4.78, 5) is 17.5. The third-order valence-corrected chi connectivity index (χ3v) is 9.73. The number of pyridine rings is 1. The van der Waals surface area contributed by atoms with Crippen molar-refractivity contribution in [2.45, 2.75) is 35.6 Å². The van der Waals surface area contributed by atoms with E-state index in [2.05, 4.69) is 4.98 Å². The average molecular weight is 538 g/mol. The summed E-state index contributed by atoms with van der Waals surface area (Å²) >= 11 is 1.49. The summed E-state index contributed by atoms with van der Waals surface area (Å²) in [5.41, 5.74) is 0.616. The van der Waals surface area contributed by atoms with Crippen LogP contribution in [-0.4, -0.2) is 37.0 Å². The number of sulfone groups is 1. The molecule has 192 valence electrons. The Hall–Kier alpha value is -3.23. The molecule has 4 aromatic rings. The summed E-state index contributed by atoms with van der Waals surface area (Å²) in [5, 5.41) is 10.6. The number of aromatic nitrogens is 1. The first kappa shape index (κ1) is 26.8. The van der Waals surface area contributed by atoms with Gasteiger partial charge in [0.05, 0.1) is 10.3 Å². The first-order valence-electron chi connectivity index (χ1n) is 11.6. The lowest BCUT2D eigenvalue weighted by Crippen LogP contribution is -2.33. The molecule has 37 heavy (non-hydrogen) atoms. The third-order valence-electron chi connectivity index (χ3n) is 6.90. The summed E-state index contributed by atoms with van der Waals surface area (Å²) in [6.45, 7) is 3.32. The highest BCUT2D eigenvalue weighted by Crippen LogP contribution is 2.38. The highest BCUT2D eigenvalue weighted by atomic mass is 32.2. The number of alkyl halides is 1. The Bertz CT molecular complexity index is 1580. The van der Waals surface area contributed by atoms with E-state index in [1.165, 1.54) is 30.2 Å². The van der Waals surface area contributed by atoms with Crippen molar-refractivity contribution in [3.05, 3.63) is 95.7 Å². The van der Waals surface area contributed by atoms with Gasteiger partial charge in [0.1, 0.15) is 0 Å². The van der Waals surface area contributed by atoms with Gasteiger partial charge in [-0.25, -0.2) is 17.6 Å². The Morgan fingerprint density at radius 3 is 2.32 bits per heavy atom. The van der Waals surface area contributed by atoms with Gasteiger partial charge in [0.15, 0.2) is 9.84 Å². The van der Waals surface area contributed by atoms with Gasteiger partial charge in [-0.1, -0.05) is 42.5 Å². The van der Waals surface area contributed by atoms with Gasteiger partial charge in [-0.2, -0.15) is 0 Å². The standard InChI is InChI=1S/C29H28FNO4S2/c1-28(2,37(4,34)35)23-16-21-9-6-14-31-26(21)25(17-23)20-8-5-7-19(15-20)18-29(30,27(32)33)22-10-12-24(36-3)13-11-22/h5-17H,18H2,1-4H3,(H,32,33). The van der Waals surface area contributed by atoms with Crippen LogP contribution in [0.2, 0.25) is 0 Å². The molecule has 1 N–H and O–H groups in total. The van der Waals surface area contributed by atoms with Crippen molar-refractivity contribution in [3.8, 4) is 11.1 Å². The lowest BCUT2D eigenvalue weighted by atomic mass is 9.87. The topological polar surface area (TPSA) is 84.3 Å². The smallest absolute Gasteiger partial charge is 0.346 e. The van der Waals surface area contributed by atoms with Crippen LogP contribution in [0.1, 0.15) is 30.5 Å². The largest absolute Gasteiger partial charge is 0.479 e. The number of halogens is 1. The van der Waals surface area contributed by atoms with Crippen molar-refractivity contribution >= 4 is 38.5 Å². The molecule has 0 fully saturated rings. The highest BCUT2D eigenvalue weighted by molar-refractivity contribution is 7.98. The highest BCUT2D eigenvalue weighted by Gasteiger charge is 2.41. The first-order valence-corrected chi connectivity index (χ1v) is 14.7. The number of carbonyl (C=O) groups is 1. The number of carboxylic acid groups (broad SMARTS) is 1. The second-order valence-electron chi connectivity index (χ2n) is 9.59. The normalized spacial score (nSPS) is 13.9. The molecule has 4 rings (SSSR count). The van der Waals surface area contributed by atoms with E-state index in [0.29, 0.717) is 27.8 Å². The Morgan fingerprint density at radius 2 is 1.70 bits per heavy atom. The van der Waals surface area contributed by atoms with Gasteiger partial charge < -0.3 is 5.11 Å². The molecule has 1 atom stereocenters. The number of fused-ring (bicyclic) bond motifs is 1. The Labute approximate surface area is 220 Å². The molecule has 1 unspecified atom stereocenters. The fraction of sp³-hybridized carbons (Fsp3) is 0.241. The van der Waals surface area contributed by atoms with Gasteiger partial charge in [-0.3, -0.25) is 4.98 Å². The van der Waals surface area contributed by atoms with Crippen molar-refractivity contribution in [1.29, 1.82) is 0 Å². The van der Waals surface area contributed by atoms with E-state index in [-0.39, 0.29) is 12.0 Å². The molecule has 0 aliphatic heterocycles. The lowest BCUT2D eigenvalue weighted by Gasteiger charge is -2.25. The molecule has 0 aliphatic rings. The van der Waals surface area contributed by atoms with Gasteiger partial charge >= 0.3 is 5.97 Å². The molecule has 0 saturated carbocycles. The number of aliphatic carboxylic acids is 1. The van der Waals surface area contributed by atoms with Crippen LogP contribution in [0.5, 0.6) is 0 Å². The zero-order valence-electron chi connectivity index (χ0n) is 21.0. The zero-order chi connectivity index (χ0) is 27.0. The Kier molecular flexibility index (Phi) is 7.18. The van der Waals surface area contributed by atoms with Crippen molar-refractivity contribution < 1.29 is 22.7 Å². The molecule has 0 radical (unpaired) electrons. The number of hydrogen-bond acceptors (Lipinski definition) is 5. The van der Waals surface area contributed by atoms with Crippen molar-refractivity contribution in [3.63, 3.8) is 0 Å². The molecule has 0 amide bonds. The van der Waals surface area contributed by atoms with E-state index in [4.69, 9.17) is 0 Å². The molecule has 0 spiro atoms. The van der Waals surface area contributed by atoms with Crippen molar-refractivity contribution in [2.24, 2.45) is 0 Å². The minimum atomic E-state index is -3.44. The van der Waals surface area contributed by atoms with Gasteiger partial charge in [-0.15, -0.1) is 11.8 Å². The number of nitrogens with zero attached hydrogens (tertiary/aromatic N) is 1. The predicted molar refractivity (Wildman–Crippen MR) is 147 cm³/mol. The van der Waals surface area contributed by atoms with Crippen LogP contribution in [0.15, 0.2) is 83.9 Å². The lowest BCUT2D eigenvalue weighted by molar-refractivity contribution is -0.151.